The van der Waals surface area contributed by atoms with E-state index in [9.17, 15) is 4.79 Å². The Labute approximate surface area is 109 Å². The van der Waals surface area contributed by atoms with Gasteiger partial charge in [-0.3, -0.25) is 4.79 Å². The van der Waals surface area contributed by atoms with Crippen molar-refractivity contribution < 1.29 is 4.79 Å². The Bertz CT molecular complexity index is 421. The van der Waals surface area contributed by atoms with Gasteiger partial charge < -0.3 is 10.6 Å². The number of benzene rings is 1. The molecular formula is C15H22N2O. The molecule has 0 bridgehead atoms. The third-order valence-electron chi connectivity index (χ3n) is 3.92. The fourth-order valence-corrected chi connectivity index (χ4v) is 2.28. The molecule has 1 fully saturated rings. The zero-order valence-corrected chi connectivity index (χ0v) is 11.3. The van der Waals surface area contributed by atoms with Gasteiger partial charge in [-0.05, 0) is 43.5 Å². The Morgan fingerprint density at radius 1 is 1.33 bits per heavy atom. The molecule has 3 heteroatoms. The smallest absolute Gasteiger partial charge is 0.253 e. The molecule has 98 valence electrons. The second-order valence-corrected chi connectivity index (χ2v) is 5.42. The standard InChI is InChI=1S/C15H22N2O/c1-3-12-4-6-13(7-5-12)14(18)17(2)11-15(10-16)8-9-15/h4-7H,3,8-11,16H2,1-2H3. The summed E-state index contributed by atoms with van der Waals surface area (Å²) in [6.45, 7) is 3.57. The highest BCUT2D eigenvalue weighted by Crippen LogP contribution is 2.45. The summed E-state index contributed by atoms with van der Waals surface area (Å²) in [7, 11) is 1.87. The number of hydrogen-bond donors (Lipinski definition) is 1. The van der Waals surface area contributed by atoms with Crippen LogP contribution >= 0.6 is 0 Å². The minimum atomic E-state index is 0.0948. The quantitative estimate of drug-likeness (QED) is 0.864. The van der Waals surface area contributed by atoms with E-state index in [2.05, 4.69) is 6.92 Å². The van der Waals surface area contributed by atoms with Crippen molar-refractivity contribution in [3.05, 3.63) is 35.4 Å². The molecule has 2 N–H and O–H groups in total. The maximum Gasteiger partial charge on any atom is 0.253 e. The lowest BCUT2D eigenvalue weighted by Crippen LogP contribution is -2.35. The van der Waals surface area contributed by atoms with E-state index in [1.165, 1.54) is 5.56 Å². The Hall–Kier alpha value is -1.35. The average molecular weight is 246 g/mol. The van der Waals surface area contributed by atoms with Gasteiger partial charge in [-0.25, -0.2) is 0 Å². The molecule has 18 heavy (non-hydrogen) atoms. The van der Waals surface area contributed by atoms with Gasteiger partial charge in [0.25, 0.3) is 5.91 Å². The molecule has 1 aromatic rings. The molecule has 1 aliphatic carbocycles. The number of nitrogens with zero attached hydrogens (tertiary/aromatic N) is 1. The largest absolute Gasteiger partial charge is 0.341 e. The summed E-state index contributed by atoms with van der Waals surface area (Å²) in [5, 5.41) is 0. The Morgan fingerprint density at radius 2 is 1.94 bits per heavy atom. The molecule has 0 aromatic heterocycles. The first kappa shape index (κ1) is 13.1. The van der Waals surface area contributed by atoms with Gasteiger partial charge in [0, 0.05) is 24.6 Å². The predicted octanol–water partition coefficient (Wildman–Crippen LogP) is 2.06. The normalized spacial score (nSPS) is 16.4. The van der Waals surface area contributed by atoms with Crippen molar-refractivity contribution in [1.29, 1.82) is 0 Å². The molecule has 0 aliphatic heterocycles. The molecule has 1 aromatic carbocycles. The summed E-state index contributed by atoms with van der Waals surface area (Å²) < 4.78 is 0. The number of hydrogen-bond acceptors (Lipinski definition) is 2. The van der Waals surface area contributed by atoms with Crippen LogP contribution in [0.2, 0.25) is 0 Å². The fraction of sp³-hybridized carbons (Fsp3) is 0.533. The highest BCUT2D eigenvalue weighted by atomic mass is 16.2. The molecule has 1 saturated carbocycles. The number of aryl methyl sites for hydroxylation is 1. The van der Waals surface area contributed by atoms with Crippen molar-refractivity contribution in [2.24, 2.45) is 11.1 Å². The molecule has 1 amide bonds. The van der Waals surface area contributed by atoms with Crippen LogP contribution < -0.4 is 5.73 Å². The van der Waals surface area contributed by atoms with E-state index in [0.717, 1.165) is 31.4 Å². The molecule has 0 radical (unpaired) electrons. The molecule has 2 rings (SSSR count). The van der Waals surface area contributed by atoms with E-state index in [-0.39, 0.29) is 11.3 Å². The van der Waals surface area contributed by atoms with E-state index in [1.807, 2.05) is 31.3 Å². The maximum absolute atomic E-state index is 12.3. The van der Waals surface area contributed by atoms with E-state index in [1.54, 1.807) is 4.90 Å². The number of carbonyl (C=O) groups excluding carboxylic acids is 1. The number of nitrogens with two attached hydrogens (primary N) is 1. The van der Waals surface area contributed by atoms with Crippen molar-refractivity contribution in [3.63, 3.8) is 0 Å². The lowest BCUT2D eigenvalue weighted by Gasteiger charge is -2.23. The summed E-state index contributed by atoms with van der Waals surface area (Å²) >= 11 is 0. The van der Waals surface area contributed by atoms with Crippen molar-refractivity contribution in [2.45, 2.75) is 26.2 Å². The lowest BCUT2D eigenvalue weighted by molar-refractivity contribution is 0.0766. The van der Waals surface area contributed by atoms with Gasteiger partial charge in [0.2, 0.25) is 0 Å². The van der Waals surface area contributed by atoms with Gasteiger partial charge in [0.1, 0.15) is 0 Å². The first-order chi connectivity index (χ1) is 8.60. The zero-order valence-electron chi connectivity index (χ0n) is 11.3. The van der Waals surface area contributed by atoms with E-state index >= 15 is 0 Å². The highest BCUT2D eigenvalue weighted by molar-refractivity contribution is 5.94. The first-order valence-electron chi connectivity index (χ1n) is 6.65. The van der Waals surface area contributed by atoms with E-state index in [4.69, 9.17) is 5.73 Å². The van der Waals surface area contributed by atoms with Gasteiger partial charge in [-0.2, -0.15) is 0 Å². The fourth-order valence-electron chi connectivity index (χ4n) is 2.28. The topological polar surface area (TPSA) is 46.3 Å². The number of amides is 1. The van der Waals surface area contributed by atoms with Crippen LogP contribution in [0.3, 0.4) is 0 Å². The van der Waals surface area contributed by atoms with E-state index < -0.39 is 0 Å². The van der Waals surface area contributed by atoms with Crippen LogP contribution in [0.1, 0.15) is 35.7 Å². The zero-order chi connectivity index (χ0) is 13.2. The molecule has 0 heterocycles. The van der Waals surface area contributed by atoms with Gasteiger partial charge in [0.15, 0.2) is 0 Å². The summed E-state index contributed by atoms with van der Waals surface area (Å²) in [5.74, 6) is 0.0948. The Kier molecular flexibility index (Phi) is 3.71. The maximum atomic E-state index is 12.3. The second-order valence-electron chi connectivity index (χ2n) is 5.42. The molecule has 1 aliphatic rings. The van der Waals surface area contributed by atoms with Crippen molar-refractivity contribution in [3.8, 4) is 0 Å². The van der Waals surface area contributed by atoms with Crippen molar-refractivity contribution >= 4 is 5.91 Å². The Balaban J connectivity index is 2.01. The van der Waals surface area contributed by atoms with Crippen LogP contribution in [0.4, 0.5) is 0 Å². The van der Waals surface area contributed by atoms with Crippen molar-refractivity contribution in [1.82, 2.24) is 4.90 Å². The van der Waals surface area contributed by atoms with E-state index in [0.29, 0.717) is 6.54 Å². The summed E-state index contributed by atoms with van der Waals surface area (Å²) in [4.78, 5) is 14.1. The summed E-state index contributed by atoms with van der Waals surface area (Å²) in [6.07, 6.45) is 3.30. The van der Waals surface area contributed by atoms with Crippen LogP contribution in [-0.4, -0.2) is 30.9 Å². The van der Waals surface area contributed by atoms with Gasteiger partial charge in [-0.15, -0.1) is 0 Å². The minimum absolute atomic E-state index is 0.0948. The molecule has 0 spiro atoms. The van der Waals surface area contributed by atoms with Crippen LogP contribution in [0.15, 0.2) is 24.3 Å². The van der Waals surface area contributed by atoms with Crippen LogP contribution in [-0.2, 0) is 6.42 Å². The minimum Gasteiger partial charge on any atom is -0.341 e. The van der Waals surface area contributed by atoms with Gasteiger partial charge in [0.05, 0.1) is 0 Å². The Morgan fingerprint density at radius 3 is 2.39 bits per heavy atom. The molecule has 3 nitrogen and oxygen atoms in total. The van der Waals surface area contributed by atoms with Gasteiger partial charge in [-0.1, -0.05) is 19.1 Å². The highest BCUT2D eigenvalue weighted by Gasteiger charge is 2.42. The van der Waals surface area contributed by atoms with Crippen LogP contribution in [0.5, 0.6) is 0 Å². The third kappa shape index (κ3) is 2.72. The molecule has 0 atom stereocenters. The number of carbonyl (C=O) groups is 1. The van der Waals surface area contributed by atoms with Crippen LogP contribution in [0.25, 0.3) is 0 Å². The molecular weight excluding hydrogens is 224 g/mol. The molecule has 0 saturated heterocycles. The first-order valence-corrected chi connectivity index (χ1v) is 6.65. The SMILES string of the molecule is CCc1ccc(C(=O)N(C)CC2(CN)CC2)cc1. The molecule has 0 unspecified atom stereocenters. The average Bonchev–Trinajstić information content (AvgIpc) is 3.18. The summed E-state index contributed by atoms with van der Waals surface area (Å²) in [5.41, 5.74) is 7.98. The monoisotopic (exact) mass is 246 g/mol. The van der Waals surface area contributed by atoms with Crippen LogP contribution in [0, 0.1) is 5.41 Å². The lowest BCUT2D eigenvalue weighted by atomic mass is 10.1. The summed E-state index contributed by atoms with van der Waals surface area (Å²) in [6, 6.07) is 7.88. The van der Waals surface area contributed by atoms with Crippen molar-refractivity contribution in [2.75, 3.05) is 20.1 Å². The third-order valence-corrected chi connectivity index (χ3v) is 3.92. The second kappa shape index (κ2) is 5.11. The predicted molar refractivity (Wildman–Crippen MR) is 73.5 cm³/mol. The van der Waals surface area contributed by atoms with Gasteiger partial charge >= 0.3 is 0 Å². The number of rotatable bonds is 5.